The lowest BCUT2D eigenvalue weighted by molar-refractivity contribution is -0.143. The zero-order valence-electron chi connectivity index (χ0n) is 21.1. The lowest BCUT2D eigenvalue weighted by atomic mass is 9.98. The second-order valence-electron chi connectivity index (χ2n) is 8.75. The number of nitrogens with two attached hydrogens (primary N) is 1. The summed E-state index contributed by atoms with van der Waals surface area (Å²) in [5.74, 6) is -3.05. The molecule has 0 aliphatic rings. The molecule has 0 heterocycles. The fourth-order valence-electron chi connectivity index (χ4n) is 3.28. The first-order chi connectivity index (χ1) is 16.9. The number of amides is 3. The number of hydrogen-bond donors (Lipinski definition) is 7. The van der Waals surface area contributed by atoms with Gasteiger partial charge in [0.05, 0.1) is 6.10 Å². The Morgan fingerprint density at radius 3 is 2.03 bits per heavy atom. The summed E-state index contributed by atoms with van der Waals surface area (Å²) < 4.78 is 0. The minimum atomic E-state index is -1.24. The molecular weight excluding hydrogens is 488 g/mol. The van der Waals surface area contributed by atoms with E-state index in [0.717, 1.165) is 0 Å². The number of benzene rings is 1. The Hall–Kier alpha value is -2.83. The van der Waals surface area contributed by atoms with Crippen molar-refractivity contribution in [3.05, 3.63) is 29.8 Å². The number of rotatable bonds is 15. The van der Waals surface area contributed by atoms with E-state index in [1.165, 1.54) is 30.8 Å². The van der Waals surface area contributed by atoms with Crippen LogP contribution in [0.15, 0.2) is 24.3 Å². The number of aromatic hydroxyl groups is 1. The van der Waals surface area contributed by atoms with Crippen LogP contribution < -0.4 is 21.7 Å². The third-order valence-electron chi connectivity index (χ3n) is 5.85. The highest BCUT2D eigenvalue weighted by molar-refractivity contribution is 7.98. The van der Waals surface area contributed by atoms with E-state index in [9.17, 15) is 34.5 Å². The maximum atomic E-state index is 13.2. The van der Waals surface area contributed by atoms with Crippen LogP contribution in [-0.2, 0) is 25.6 Å². The summed E-state index contributed by atoms with van der Waals surface area (Å²) >= 11 is 1.46. The molecule has 12 heteroatoms. The van der Waals surface area contributed by atoms with Crippen molar-refractivity contribution in [3.63, 3.8) is 0 Å². The van der Waals surface area contributed by atoms with Crippen molar-refractivity contribution in [1.29, 1.82) is 0 Å². The minimum Gasteiger partial charge on any atom is -0.508 e. The van der Waals surface area contributed by atoms with Crippen LogP contribution in [0, 0.1) is 5.92 Å². The number of aliphatic carboxylic acids is 1. The quantitative estimate of drug-likeness (QED) is 0.165. The van der Waals surface area contributed by atoms with Crippen LogP contribution in [0.4, 0.5) is 0 Å². The molecule has 1 aromatic carbocycles. The van der Waals surface area contributed by atoms with Crippen molar-refractivity contribution >= 4 is 35.5 Å². The number of carbonyl (C=O) groups is 4. The molecular formula is C24H38N4O7S. The van der Waals surface area contributed by atoms with Crippen molar-refractivity contribution in [2.45, 2.75) is 70.3 Å². The van der Waals surface area contributed by atoms with E-state index in [-0.39, 0.29) is 24.5 Å². The Balaban J connectivity index is 3.17. The van der Waals surface area contributed by atoms with Crippen molar-refractivity contribution < 1.29 is 34.5 Å². The monoisotopic (exact) mass is 526 g/mol. The van der Waals surface area contributed by atoms with E-state index in [4.69, 9.17) is 5.73 Å². The Labute approximate surface area is 215 Å². The molecule has 0 saturated carbocycles. The van der Waals surface area contributed by atoms with E-state index < -0.39 is 54.0 Å². The normalized spacial score (nSPS) is 16.1. The van der Waals surface area contributed by atoms with Crippen molar-refractivity contribution in [1.82, 2.24) is 16.0 Å². The zero-order chi connectivity index (χ0) is 27.4. The largest absolute Gasteiger partial charge is 0.508 e. The van der Waals surface area contributed by atoms with Crippen molar-refractivity contribution in [2.75, 3.05) is 12.0 Å². The molecule has 1 rings (SSSR count). The van der Waals surface area contributed by atoms with Gasteiger partial charge in [-0.15, -0.1) is 0 Å². The molecule has 11 nitrogen and oxygen atoms in total. The van der Waals surface area contributed by atoms with Gasteiger partial charge in [0.25, 0.3) is 0 Å². The summed E-state index contributed by atoms with van der Waals surface area (Å²) in [5.41, 5.74) is 6.30. The number of aliphatic hydroxyl groups is 1. The average molecular weight is 527 g/mol. The molecule has 6 unspecified atom stereocenters. The predicted molar refractivity (Wildman–Crippen MR) is 137 cm³/mol. The Kier molecular flexibility index (Phi) is 13.3. The summed E-state index contributed by atoms with van der Waals surface area (Å²) in [6.45, 7) is 4.86. The van der Waals surface area contributed by atoms with Gasteiger partial charge in [-0.1, -0.05) is 32.4 Å². The van der Waals surface area contributed by atoms with Gasteiger partial charge < -0.3 is 37.0 Å². The lowest BCUT2D eigenvalue weighted by Gasteiger charge is -2.27. The number of carboxylic acids is 1. The van der Waals surface area contributed by atoms with Gasteiger partial charge in [0, 0.05) is 6.42 Å². The molecule has 6 atom stereocenters. The average Bonchev–Trinajstić information content (AvgIpc) is 2.84. The molecule has 202 valence electrons. The number of phenols is 1. The molecule has 0 spiro atoms. The number of carboxylic acid groups (broad SMARTS) is 1. The molecule has 3 amide bonds. The van der Waals surface area contributed by atoms with Gasteiger partial charge in [-0.3, -0.25) is 14.4 Å². The standard InChI is InChI=1S/C24H38N4O7S/c1-5-13(2)20(24(34)35)28-22(32)18(12-15-6-8-16(30)9-7-15)27-21(31)17(10-11-36-4)26-23(33)19(25)14(3)29/h6-9,13-14,17-20,29-30H,5,10-12,25H2,1-4H3,(H,26,33)(H,27,31)(H,28,32)(H,34,35). The van der Waals surface area contributed by atoms with Crippen LogP contribution in [0.5, 0.6) is 5.75 Å². The third kappa shape index (κ3) is 10.0. The molecule has 0 aromatic heterocycles. The number of hydrogen-bond acceptors (Lipinski definition) is 8. The second kappa shape index (κ2) is 15.3. The van der Waals surface area contributed by atoms with E-state index in [0.29, 0.717) is 17.7 Å². The number of aliphatic hydroxyl groups excluding tert-OH is 1. The van der Waals surface area contributed by atoms with Gasteiger partial charge in [-0.25, -0.2) is 4.79 Å². The predicted octanol–water partition coefficient (Wildman–Crippen LogP) is -0.0190. The van der Waals surface area contributed by atoms with E-state index >= 15 is 0 Å². The highest BCUT2D eigenvalue weighted by Gasteiger charge is 2.32. The molecule has 0 radical (unpaired) electrons. The maximum absolute atomic E-state index is 13.2. The number of thioether (sulfide) groups is 1. The Morgan fingerprint density at radius 1 is 0.972 bits per heavy atom. The molecule has 0 aliphatic carbocycles. The molecule has 36 heavy (non-hydrogen) atoms. The van der Waals surface area contributed by atoms with Gasteiger partial charge in [0.2, 0.25) is 17.7 Å². The van der Waals surface area contributed by atoms with Gasteiger partial charge >= 0.3 is 5.97 Å². The highest BCUT2D eigenvalue weighted by atomic mass is 32.2. The van der Waals surface area contributed by atoms with Gasteiger partial charge in [-0.2, -0.15) is 11.8 Å². The molecule has 0 bridgehead atoms. The topological polar surface area (TPSA) is 191 Å². The molecule has 1 aromatic rings. The second-order valence-corrected chi connectivity index (χ2v) is 9.74. The number of phenolic OH excluding ortho intramolecular Hbond substituents is 1. The summed E-state index contributed by atoms with van der Waals surface area (Å²) in [6.07, 6.45) is 1.47. The first-order valence-electron chi connectivity index (χ1n) is 11.8. The third-order valence-corrected chi connectivity index (χ3v) is 6.50. The van der Waals surface area contributed by atoms with Crippen LogP contribution in [0.3, 0.4) is 0 Å². The first kappa shape index (κ1) is 31.2. The number of nitrogens with one attached hydrogen (secondary N) is 3. The zero-order valence-corrected chi connectivity index (χ0v) is 21.9. The summed E-state index contributed by atoms with van der Waals surface area (Å²) in [7, 11) is 0. The molecule has 0 fully saturated rings. The van der Waals surface area contributed by atoms with Gasteiger partial charge in [0.15, 0.2) is 0 Å². The van der Waals surface area contributed by atoms with Crippen LogP contribution in [0.2, 0.25) is 0 Å². The molecule has 0 saturated heterocycles. The lowest BCUT2D eigenvalue weighted by Crippen LogP contribution is -2.59. The fourth-order valence-corrected chi connectivity index (χ4v) is 3.75. The van der Waals surface area contributed by atoms with Crippen molar-refractivity contribution in [3.8, 4) is 5.75 Å². The molecule has 8 N–H and O–H groups in total. The smallest absolute Gasteiger partial charge is 0.326 e. The van der Waals surface area contributed by atoms with E-state index in [1.54, 1.807) is 26.0 Å². The van der Waals surface area contributed by atoms with Crippen LogP contribution >= 0.6 is 11.8 Å². The maximum Gasteiger partial charge on any atom is 0.326 e. The van der Waals surface area contributed by atoms with Crippen LogP contribution in [0.25, 0.3) is 0 Å². The van der Waals surface area contributed by atoms with Crippen molar-refractivity contribution in [2.24, 2.45) is 11.7 Å². The van der Waals surface area contributed by atoms with Gasteiger partial charge in [-0.05, 0) is 49.0 Å². The minimum absolute atomic E-state index is 0.0150. The Morgan fingerprint density at radius 2 is 1.53 bits per heavy atom. The Bertz CT molecular complexity index is 882. The van der Waals surface area contributed by atoms with Gasteiger partial charge in [0.1, 0.15) is 29.9 Å². The fraction of sp³-hybridized carbons (Fsp3) is 0.583. The summed E-state index contributed by atoms with van der Waals surface area (Å²) in [6, 6.07) is 1.45. The van der Waals surface area contributed by atoms with E-state index in [2.05, 4.69) is 16.0 Å². The molecule has 0 aliphatic heterocycles. The SMILES string of the molecule is CCC(C)C(NC(=O)C(Cc1ccc(O)cc1)NC(=O)C(CCSC)NC(=O)C(N)C(C)O)C(=O)O. The number of carbonyl (C=O) groups excluding carboxylic acids is 3. The summed E-state index contributed by atoms with van der Waals surface area (Å²) in [5, 5.41) is 36.4. The summed E-state index contributed by atoms with van der Waals surface area (Å²) in [4.78, 5) is 50.4. The van der Waals surface area contributed by atoms with Crippen LogP contribution in [-0.4, -0.2) is 81.3 Å². The first-order valence-corrected chi connectivity index (χ1v) is 13.1. The van der Waals surface area contributed by atoms with E-state index in [1.807, 2.05) is 6.26 Å². The highest BCUT2D eigenvalue weighted by Crippen LogP contribution is 2.13. The van der Waals surface area contributed by atoms with Crippen LogP contribution in [0.1, 0.15) is 39.2 Å².